The maximum absolute atomic E-state index is 12.0. The predicted molar refractivity (Wildman–Crippen MR) is 96.7 cm³/mol. The van der Waals surface area contributed by atoms with Crippen molar-refractivity contribution in [3.63, 3.8) is 0 Å². The molecule has 0 aliphatic carbocycles. The molecule has 0 saturated carbocycles. The van der Waals surface area contributed by atoms with E-state index in [0.29, 0.717) is 18.2 Å². The van der Waals surface area contributed by atoms with Gasteiger partial charge in [-0.15, -0.1) is 0 Å². The summed E-state index contributed by atoms with van der Waals surface area (Å²) in [5, 5.41) is 6.93. The zero-order valence-corrected chi connectivity index (χ0v) is 13.8. The fourth-order valence-electron chi connectivity index (χ4n) is 2.50. The van der Waals surface area contributed by atoms with Crippen molar-refractivity contribution in [3.8, 4) is 11.4 Å². The number of aromatic nitrogens is 2. The minimum absolute atomic E-state index is 0.0542. The summed E-state index contributed by atoms with van der Waals surface area (Å²) in [5.74, 6) is 1.25. The van der Waals surface area contributed by atoms with Gasteiger partial charge in [-0.25, -0.2) is 9.97 Å². The van der Waals surface area contributed by atoms with Gasteiger partial charge in [-0.2, -0.15) is 0 Å². The van der Waals surface area contributed by atoms with E-state index in [1.54, 1.807) is 0 Å². The number of nitrogens with zero attached hydrogens (tertiary/aromatic N) is 2. The number of carbonyl (C=O) groups excluding carboxylic acids is 1. The number of amides is 1. The van der Waals surface area contributed by atoms with Gasteiger partial charge in [0.1, 0.15) is 11.9 Å². The highest BCUT2D eigenvalue weighted by Crippen LogP contribution is 2.25. The maximum Gasteiger partial charge on any atom is 0.242 e. The van der Waals surface area contributed by atoms with Crippen LogP contribution < -0.4 is 10.6 Å². The molecule has 0 saturated heterocycles. The summed E-state index contributed by atoms with van der Waals surface area (Å²) in [7, 11) is 0. The highest BCUT2D eigenvalue weighted by molar-refractivity contribution is 5.93. The normalized spacial score (nSPS) is 11.9. The Morgan fingerprint density at radius 2 is 1.75 bits per heavy atom. The molecule has 3 aromatic rings. The van der Waals surface area contributed by atoms with Crippen molar-refractivity contribution in [2.24, 2.45) is 0 Å². The zero-order valence-electron chi connectivity index (χ0n) is 13.8. The molecular formula is C19H20N4O. The molecule has 1 aromatic heterocycles. The molecule has 1 heterocycles. The van der Waals surface area contributed by atoms with Gasteiger partial charge < -0.3 is 10.6 Å². The minimum atomic E-state index is -0.383. The second kappa shape index (κ2) is 7.08. The van der Waals surface area contributed by atoms with E-state index in [4.69, 9.17) is 0 Å². The Balaban J connectivity index is 2.03. The Morgan fingerprint density at radius 1 is 1.04 bits per heavy atom. The molecule has 0 spiro atoms. The Hall–Kier alpha value is -2.95. The Labute approximate surface area is 141 Å². The second-order valence-corrected chi connectivity index (χ2v) is 5.54. The van der Waals surface area contributed by atoms with Crippen molar-refractivity contribution >= 4 is 22.6 Å². The summed E-state index contributed by atoms with van der Waals surface area (Å²) in [6.07, 6.45) is 0. The molecule has 0 unspecified atom stereocenters. The highest BCUT2D eigenvalue weighted by Gasteiger charge is 2.15. The van der Waals surface area contributed by atoms with Crippen LogP contribution in [-0.2, 0) is 4.79 Å². The zero-order chi connectivity index (χ0) is 16.9. The largest absolute Gasteiger partial charge is 0.358 e. The van der Waals surface area contributed by atoms with Gasteiger partial charge in [0.15, 0.2) is 5.82 Å². The molecule has 0 radical (unpaired) electrons. The third kappa shape index (κ3) is 3.35. The third-order valence-electron chi connectivity index (χ3n) is 3.73. The molecule has 0 aliphatic rings. The number of para-hydroxylation sites is 1. The smallest absolute Gasteiger partial charge is 0.242 e. The lowest BCUT2D eigenvalue weighted by molar-refractivity contribution is -0.121. The van der Waals surface area contributed by atoms with Gasteiger partial charge >= 0.3 is 0 Å². The van der Waals surface area contributed by atoms with Crippen molar-refractivity contribution in [2.45, 2.75) is 19.9 Å². The first kappa shape index (κ1) is 15.9. The van der Waals surface area contributed by atoms with Crippen molar-refractivity contribution in [1.82, 2.24) is 15.3 Å². The summed E-state index contributed by atoms with van der Waals surface area (Å²) in [4.78, 5) is 21.3. The van der Waals surface area contributed by atoms with Gasteiger partial charge in [0.2, 0.25) is 5.91 Å². The van der Waals surface area contributed by atoms with Crippen LogP contribution in [0.15, 0.2) is 54.6 Å². The Morgan fingerprint density at radius 3 is 2.50 bits per heavy atom. The lowest BCUT2D eigenvalue weighted by atomic mass is 10.1. The lowest BCUT2D eigenvalue weighted by Gasteiger charge is -2.16. The number of likely N-dealkylation sites (N-methyl/N-ethyl adjacent to an activating group) is 1. The first-order valence-corrected chi connectivity index (χ1v) is 8.05. The highest BCUT2D eigenvalue weighted by atomic mass is 16.2. The van der Waals surface area contributed by atoms with Crippen LogP contribution in [0, 0.1) is 0 Å². The number of hydrogen-bond acceptors (Lipinski definition) is 4. The number of anilines is 1. The number of hydrogen-bond donors (Lipinski definition) is 2. The van der Waals surface area contributed by atoms with Crippen LogP contribution in [0.2, 0.25) is 0 Å². The lowest BCUT2D eigenvalue weighted by Crippen LogP contribution is -2.37. The molecule has 1 amide bonds. The van der Waals surface area contributed by atoms with Gasteiger partial charge in [0.25, 0.3) is 0 Å². The van der Waals surface area contributed by atoms with E-state index in [2.05, 4.69) is 20.6 Å². The summed E-state index contributed by atoms with van der Waals surface area (Å²) in [5.41, 5.74) is 1.79. The molecule has 0 fully saturated rings. The van der Waals surface area contributed by atoms with Crippen LogP contribution in [0.25, 0.3) is 22.3 Å². The number of carbonyl (C=O) groups is 1. The number of fused-ring (bicyclic) bond motifs is 1. The van der Waals surface area contributed by atoms with E-state index >= 15 is 0 Å². The Kier molecular flexibility index (Phi) is 4.70. The molecule has 5 heteroatoms. The molecule has 3 rings (SSSR count). The average Bonchev–Trinajstić information content (AvgIpc) is 2.62. The molecule has 24 heavy (non-hydrogen) atoms. The monoisotopic (exact) mass is 320 g/mol. The van der Waals surface area contributed by atoms with E-state index in [1.165, 1.54) is 0 Å². The minimum Gasteiger partial charge on any atom is -0.358 e. The van der Waals surface area contributed by atoms with E-state index in [1.807, 2.05) is 68.4 Å². The van der Waals surface area contributed by atoms with Crippen LogP contribution >= 0.6 is 0 Å². The summed E-state index contributed by atoms with van der Waals surface area (Å²) >= 11 is 0. The van der Waals surface area contributed by atoms with Gasteiger partial charge in [-0.3, -0.25) is 4.79 Å². The van der Waals surface area contributed by atoms with E-state index in [9.17, 15) is 4.79 Å². The first-order valence-electron chi connectivity index (χ1n) is 8.05. The molecule has 2 N–H and O–H groups in total. The molecule has 122 valence electrons. The van der Waals surface area contributed by atoms with E-state index in [0.717, 1.165) is 16.5 Å². The van der Waals surface area contributed by atoms with Crippen LogP contribution in [0.1, 0.15) is 13.8 Å². The van der Waals surface area contributed by atoms with Gasteiger partial charge in [0, 0.05) is 17.5 Å². The standard InChI is InChI=1S/C19H20N4O/c1-3-20-19(24)13(2)21-18-15-11-7-8-12-16(15)22-17(23-18)14-9-5-4-6-10-14/h4-13H,3H2,1-2H3,(H,20,24)(H,21,22,23)/t13-/m0/s1. The van der Waals surface area contributed by atoms with Crippen LogP contribution in [0.5, 0.6) is 0 Å². The number of rotatable bonds is 5. The van der Waals surface area contributed by atoms with Crippen molar-refractivity contribution < 1.29 is 4.79 Å². The summed E-state index contributed by atoms with van der Waals surface area (Å²) < 4.78 is 0. The number of nitrogens with one attached hydrogen (secondary N) is 2. The number of benzene rings is 2. The van der Waals surface area contributed by atoms with Crippen LogP contribution in [-0.4, -0.2) is 28.5 Å². The summed E-state index contributed by atoms with van der Waals surface area (Å²) in [6, 6.07) is 17.2. The molecule has 1 atom stereocenters. The van der Waals surface area contributed by atoms with Crippen LogP contribution in [0.3, 0.4) is 0 Å². The van der Waals surface area contributed by atoms with Crippen molar-refractivity contribution in [1.29, 1.82) is 0 Å². The molecule has 2 aromatic carbocycles. The maximum atomic E-state index is 12.0. The SMILES string of the molecule is CCNC(=O)[C@H](C)Nc1nc(-c2ccccc2)nc2ccccc12. The second-order valence-electron chi connectivity index (χ2n) is 5.54. The first-order chi connectivity index (χ1) is 11.7. The van der Waals surface area contributed by atoms with Crippen LogP contribution in [0.4, 0.5) is 5.82 Å². The van der Waals surface area contributed by atoms with Crippen molar-refractivity contribution in [2.75, 3.05) is 11.9 Å². The molecule has 5 nitrogen and oxygen atoms in total. The predicted octanol–water partition coefficient (Wildman–Crippen LogP) is 3.23. The quantitative estimate of drug-likeness (QED) is 0.757. The topological polar surface area (TPSA) is 66.9 Å². The fraction of sp³-hybridized carbons (Fsp3) is 0.211. The average molecular weight is 320 g/mol. The Bertz CT molecular complexity index is 848. The van der Waals surface area contributed by atoms with E-state index < -0.39 is 0 Å². The van der Waals surface area contributed by atoms with Gasteiger partial charge in [-0.05, 0) is 26.0 Å². The van der Waals surface area contributed by atoms with E-state index in [-0.39, 0.29) is 11.9 Å². The molecular weight excluding hydrogens is 300 g/mol. The van der Waals surface area contributed by atoms with Gasteiger partial charge in [-0.1, -0.05) is 42.5 Å². The third-order valence-corrected chi connectivity index (χ3v) is 3.73. The van der Waals surface area contributed by atoms with Gasteiger partial charge in [0.05, 0.1) is 5.52 Å². The molecule has 0 aliphatic heterocycles. The molecule has 0 bridgehead atoms. The van der Waals surface area contributed by atoms with Crippen molar-refractivity contribution in [3.05, 3.63) is 54.6 Å². The fourth-order valence-corrected chi connectivity index (χ4v) is 2.50. The summed E-state index contributed by atoms with van der Waals surface area (Å²) in [6.45, 7) is 4.33.